The number of nitrogens with one attached hydrogen (secondary N) is 1. The van der Waals surface area contributed by atoms with E-state index in [0.29, 0.717) is 25.7 Å². The van der Waals surface area contributed by atoms with Gasteiger partial charge in [-0.25, -0.2) is 9.97 Å². The number of hydrogen-bond acceptors (Lipinski definition) is 7. The molecule has 28 heavy (non-hydrogen) atoms. The van der Waals surface area contributed by atoms with Gasteiger partial charge in [-0.15, -0.1) is 0 Å². The summed E-state index contributed by atoms with van der Waals surface area (Å²) in [5.41, 5.74) is 1.72. The number of morpholine rings is 1. The molecule has 2 aromatic heterocycles. The van der Waals surface area contributed by atoms with Gasteiger partial charge in [0.25, 0.3) is 0 Å². The molecule has 1 aliphatic heterocycles. The Labute approximate surface area is 165 Å². The van der Waals surface area contributed by atoms with E-state index >= 15 is 0 Å². The van der Waals surface area contributed by atoms with Crippen molar-refractivity contribution in [3.63, 3.8) is 0 Å². The van der Waals surface area contributed by atoms with Gasteiger partial charge in [0.1, 0.15) is 0 Å². The van der Waals surface area contributed by atoms with Gasteiger partial charge in [0, 0.05) is 64.0 Å². The van der Waals surface area contributed by atoms with Gasteiger partial charge < -0.3 is 15.0 Å². The molecule has 1 saturated heterocycles. The molecule has 0 radical (unpaired) electrons. The van der Waals surface area contributed by atoms with Gasteiger partial charge in [0.05, 0.1) is 24.9 Å². The van der Waals surface area contributed by atoms with Crippen LogP contribution >= 0.6 is 0 Å². The SMILES string of the molecule is CN(C)c1ncc(/C=C/C(=O)NCC(c2ccccn2)N2CCOCC2)cn1. The third-order valence-electron chi connectivity index (χ3n) is 4.47. The van der Waals surface area contributed by atoms with E-state index in [4.69, 9.17) is 4.74 Å². The molecule has 1 fully saturated rings. The van der Waals surface area contributed by atoms with Gasteiger partial charge >= 0.3 is 0 Å². The summed E-state index contributed by atoms with van der Waals surface area (Å²) in [5.74, 6) is 0.469. The maximum atomic E-state index is 12.3. The van der Waals surface area contributed by atoms with Crippen LogP contribution in [0.4, 0.5) is 5.95 Å². The lowest BCUT2D eigenvalue weighted by molar-refractivity contribution is -0.116. The van der Waals surface area contributed by atoms with Crippen LogP contribution in [0.2, 0.25) is 0 Å². The average Bonchev–Trinajstić information content (AvgIpc) is 2.74. The third kappa shape index (κ3) is 5.58. The van der Waals surface area contributed by atoms with Crippen molar-refractivity contribution >= 4 is 17.9 Å². The minimum Gasteiger partial charge on any atom is -0.379 e. The standard InChI is InChI=1S/C20H26N6O2/c1-25(2)20-23-13-16(14-24-20)6-7-19(27)22-15-18(17-5-3-4-8-21-17)26-9-11-28-12-10-26/h3-8,13-14,18H,9-12,15H2,1-2H3,(H,22,27)/b7-6+. The second-order valence-electron chi connectivity index (χ2n) is 6.71. The van der Waals surface area contributed by atoms with Crippen molar-refractivity contribution in [1.29, 1.82) is 0 Å². The summed E-state index contributed by atoms with van der Waals surface area (Å²) in [6.45, 7) is 3.52. The molecule has 0 aromatic carbocycles. The highest BCUT2D eigenvalue weighted by atomic mass is 16.5. The van der Waals surface area contributed by atoms with Crippen LogP contribution in [0.1, 0.15) is 17.3 Å². The minimum absolute atomic E-state index is 0.0187. The van der Waals surface area contributed by atoms with E-state index in [2.05, 4.69) is 25.2 Å². The van der Waals surface area contributed by atoms with E-state index in [1.54, 1.807) is 24.7 Å². The number of rotatable bonds is 7. The first-order valence-corrected chi connectivity index (χ1v) is 9.31. The minimum atomic E-state index is -0.161. The molecule has 3 heterocycles. The molecule has 8 nitrogen and oxygen atoms in total. The maximum absolute atomic E-state index is 12.3. The highest BCUT2D eigenvalue weighted by Crippen LogP contribution is 2.19. The van der Waals surface area contributed by atoms with E-state index in [-0.39, 0.29) is 11.9 Å². The number of pyridine rings is 1. The predicted molar refractivity (Wildman–Crippen MR) is 108 cm³/mol. The largest absolute Gasteiger partial charge is 0.379 e. The first-order valence-electron chi connectivity index (χ1n) is 9.31. The van der Waals surface area contributed by atoms with Crippen LogP contribution in [-0.2, 0) is 9.53 Å². The number of carbonyl (C=O) groups excluding carboxylic acids is 1. The van der Waals surface area contributed by atoms with Crippen LogP contribution in [0.15, 0.2) is 42.9 Å². The van der Waals surface area contributed by atoms with Crippen molar-refractivity contribution < 1.29 is 9.53 Å². The molecule has 0 saturated carbocycles. The van der Waals surface area contributed by atoms with Gasteiger partial charge in [0.2, 0.25) is 11.9 Å². The number of amides is 1. The van der Waals surface area contributed by atoms with Crippen molar-refractivity contribution in [2.24, 2.45) is 0 Å². The summed E-state index contributed by atoms with van der Waals surface area (Å²) < 4.78 is 5.45. The van der Waals surface area contributed by atoms with Gasteiger partial charge in [-0.3, -0.25) is 14.7 Å². The number of anilines is 1. The Hall–Kier alpha value is -2.84. The molecular weight excluding hydrogens is 356 g/mol. The Kier molecular flexibility index (Phi) is 7.05. The quantitative estimate of drug-likeness (QED) is 0.719. The zero-order valence-electron chi connectivity index (χ0n) is 16.3. The summed E-state index contributed by atoms with van der Waals surface area (Å²) in [4.78, 5) is 29.4. The Balaban J connectivity index is 1.59. The van der Waals surface area contributed by atoms with Gasteiger partial charge in [-0.05, 0) is 18.2 Å². The highest BCUT2D eigenvalue weighted by molar-refractivity contribution is 5.91. The van der Waals surface area contributed by atoms with E-state index in [1.165, 1.54) is 6.08 Å². The summed E-state index contributed by atoms with van der Waals surface area (Å²) in [5, 5.41) is 2.98. The molecular formula is C20H26N6O2. The van der Waals surface area contributed by atoms with E-state index in [1.807, 2.05) is 37.2 Å². The molecule has 1 aliphatic rings. The van der Waals surface area contributed by atoms with E-state index in [9.17, 15) is 4.79 Å². The predicted octanol–water partition coefficient (Wildman–Crippen LogP) is 1.14. The monoisotopic (exact) mass is 382 g/mol. The fourth-order valence-corrected chi connectivity index (χ4v) is 2.96. The van der Waals surface area contributed by atoms with Crippen molar-refractivity contribution in [3.8, 4) is 0 Å². The lowest BCUT2D eigenvalue weighted by Crippen LogP contribution is -2.43. The van der Waals surface area contributed by atoms with Crippen LogP contribution in [0, 0.1) is 0 Å². The molecule has 1 N–H and O–H groups in total. The normalized spacial score (nSPS) is 16.1. The molecule has 2 aromatic rings. The van der Waals surface area contributed by atoms with Gasteiger partial charge in [-0.1, -0.05) is 6.07 Å². The van der Waals surface area contributed by atoms with Crippen molar-refractivity contribution in [2.45, 2.75) is 6.04 Å². The summed E-state index contributed by atoms with van der Waals surface area (Å²) >= 11 is 0. The summed E-state index contributed by atoms with van der Waals surface area (Å²) in [6.07, 6.45) is 8.37. The molecule has 1 amide bonds. The highest BCUT2D eigenvalue weighted by Gasteiger charge is 2.23. The van der Waals surface area contributed by atoms with E-state index in [0.717, 1.165) is 24.3 Å². The number of aromatic nitrogens is 3. The Morgan fingerprint density at radius 2 is 2.00 bits per heavy atom. The molecule has 0 bridgehead atoms. The number of ether oxygens (including phenoxy) is 1. The third-order valence-corrected chi connectivity index (χ3v) is 4.47. The number of hydrogen-bond donors (Lipinski definition) is 1. The second-order valence-corrected chi connectivity index (χ2v) is 6.71. The second kappa shape index (κ2) is 9.91. The summed E-state index contributed by atoms with van der Waals surface area (Å²) in [7, 11) is 3.76. The fourth-order valence-electron chi connectivity index (χ4n) is 2.96. The zero-order chi connectivity index (χ0) is 19.8. The molecule has 8 heteroatoms. The zero-order valence-corrected chi connectivity index (χ0v) is 16.3. The first kappa shape index (κ1) is 19.9. The van der Waals surface area contributed by atoms with Crippen LogP contribution in [-0.4, -0.2) is 72.7 Å². The smallest absolute Gasteiger partial charge is 0.244 e. The summed E-state index contributed by atoms with van der Waals surface area (Å²) in [6, 6.07) is 5.87. The Morgan fingerprint density at radius 1 is 1.25 bits per heavy atom. The molecule has 148 valence electrons. The van der Waals surface area contributed by atoms with Crippen LogP contribution in [0.25, 0.3) is 6.08 Å². The maximum Gasteiger partial charge on any atom is 0.244 e. The molecule has 3 rings (SSSR count). The van der Waals surface area contributed by atoms with Crippen molar-refractivity contribution in [3.05, 3.63) is 54.1 Å². The van der Waals surface area contributed by atoms with Crippen LogP contribution in [0.5, 0.6) is 0 Å². The number of carbonyl (C=O) groups is 1. The van der Waals surface area contributed by atoms with Crippen molar-refractivity contribution in [2.75, 3.05) is 51.8 Å². The molecule has 1 unspecified atom stereocenters. The average molecular weight is 382 g/mol. The van der Waals surface area contributed by atoms with Crippen molar-refractivity contribution in [1.82, 2.24) is 25.2 Å². The van der Waals surface area contributed by atoms with Gasteiger partial charge in [-0.2, -0.15) is 0 Å². The van der Waals surface area contributed by atoms with Gasteiger partial charge in [0.15, 0.2) is 0 Å². The lowest BCUT2D eigenvalue weighted by Gasteiger charge is -2.34. The fraction of sp³-hybridized carbons (Fsp3) is 0.400. The Bertz CT molecular complexity index is 773. The van der Waals surface area contributed by atoms with Crippen LogP contribution in [0.3, 0.4) is 0 Å². The Morgan fingerprint density at radius 3 is 2.64 bits per heavy atom. The molecule has 1 atom stereocenters. The molecule has 0 aliphatic carbocycles. The van der Waals surface area contributed by atoms with E-state index < -0.39 is 0 Å². The first-order chi connectivity index (χ1) is 13.6. The lowest BCUT2D eigenvalue weighted by atomic mass is 10.1. The molecule has 0 spiro atoms. The topological polar surface area (TPSA) is 83.5 Å². The number of nitrogens with zero attached hydrogens (tertiary/aromatic N) is 5. The van der Waals surface area contributed by atoms with Crippen LogP contribution < -0.4 is 10.2 Å².